The Hall–Kier alpha value is -3.17. The van der Waals surface area contributed by atoms with Gasteiger partial charge in [0.15, 0.2) is 0 Å². The third-order valence-corrected chi connectivity index (χ3v) is 8.83. The second-order valence-corrected chi connectivity index (χ2v) is 13.0. The van der Waals surface area contributed by atoms with Crippen molar-refractivity contribution < 1.29 is 27.8 Å². The van der Waals surface area contributed by atoms with Gasteiger partial charge in [-0.25, -0.2) is 0 Å². The van der Waals surface area contributed by atoms with Crippen molar-refractivity contribution in [2.45, 2.75) is 103 Å². The van der Waals surface area contributed by atoms with Crippen LogP contribution in [0.15, 0.2) is 66.2 Å². The lowest BCUT2D eigenvalue weighted by molar-refractivity contribution is -0.204. The minimum Gasteiger partial charge on any atom is -0.490 e. The molecule has 1 saturated carbocycles. The number of rotatable bonds is 16. The Morgan fingerprint density at radius 3 is 2.54 bits per heavy atom. The van der Waals surface area contributed by atoms with E-state index in [1.165, 1.54) is 0 Å². The number of benzene rings is 1. The number of hydrogen-bond acceptors (Lipinski definition) is 6. The molecule has 0 radical (unpaired) electrons. The Morgan fingerprint density at radius 1 is 1.22 bits per heavy atom. The smallest absolute Gasteiger partial charge is 0.414 e. The molecule has 4 atom stereocenters. The van der Waals surface area contributed by atoms with E-state index in [1.54, 1.807) is 6.21 Å². The van der Waals surface area contributed by atoms with Crippen LogP contribution in [0.3, 0.4) is 0 Å². The molecule has 1 aromatic rings. The number of aliphatic hydroxyl groups excluding tert-OH is 1. The molecule has 1 heterocycles. The summed E-state index contributed by atoms with van der Waals surface area (Å²) in [5.41, 5.74) is 4.72. The fourth-order valence-electron chi connectivity index (χ4n) is 5.98. The van der Waals surface area contributed by atoms with Gasteiger partial charge in [-0.15, -0.1) is 6.58 Å². The minimum atomic E-state index is -4.65. The molecule has 1 saturated heterocycles. The molecule has 6 nitrogen and oxygen atoms in total. The highest BCUT2D eigenvalue weighted by Crippen LogP contribution is 2.37. The monoisotopic (exact) mass is 643 g/mol. The molecule has 254 valence electrons. The van der Waals surface area contributed by atoms with Gasteiger partial charge in [-0.3, -0.25) is 4.99 Å². The average Bonchev–Trinajstić information content (AvgIpc) is 3.01. The Balaban J connectivity index is 1.72. The lowest BCUT2D eigenvalue weighted by Gasteiger charge is -2.30. The van der Waals surface area contributed by atoms with Crippen LogP contribution in [0.25, 0.3) is 0 Å². The molecule has 1 aliphatic heterocycles. The summed E-state index contributed by atoms with van der Waals surface area (Å²) >= 11 is 0. The topological polar surface area (TPSA) is 86.9 Å². The zero-order chi connectivity index (χ0) is 33.9. The van der Waals surface area contributed by atoms with Crippen molar-refractivity contribution in [3.63, 3.8) is 0 Å². The molecule has 1 aromatic carbocycles. The second kappa shape index (κ2) is 17.7. The maximum atomic E-state index is 12.7. The molecule has 0 amide bonds. The highest BCUT2D eigenvalue weighted by Gasteiger charge is 2.38. The van der Waals surface area contributed by atoms with Gasteiger partial charge in [-0.05, 0) is 107 Å². The van der Waals surface area contributed by atoms with Gasteiger partial charge in [0.2, 0.25) is 0 Å². The molecule has 0 bridgehead atoms. The van der Waals surface area contributed by atoms with Gasteiger partial charge >= 0.3 is 6.18 Å². The number of alkyl halides is 3. The quantitative estimate of drug-likeness (QED) is 0.0952. The van der Waals surface area contributed by atoms with Crippen molar-refractivity contribution in [2.24, 2.45) is 22.7 Å². The maximum absolute atomic E-state index is 12.7. The zero-order valence-corrected chi connectivity index (χ0v) is 27.7. The number of nitrogens with one attached hydrogen (secondary N) is 2. The first-order valence-electron chi connectivity index (χ1n) is 16.4. The summed E-state index contributed by atoms with van der Waals surface area (Å²) in [5.74, 6) is 1.22. The molecule has 3 N–H and O–H groups in total. The number of aryl methyl sites for hydroxylation is 1. The number of anilines is 1. The van der Waals surface area contributed by atoms with Crippen LogP contribution in [0.4, 0.5) is 24.5 Å². The average molecular weight is 644 g/mol. The SMILES string of the molecule is C=CC(C)C(/C=C\C(=C)CC1CCCOC1)Nc1cc(O[C@H]2CC[C@@H](C(=N)CC[C@@H](O)C(F)(F)F)CC2)cc(C)c1/N=C\C(=C)C. The zero-order valence-electron chi connectivity index (χ0n) is 27.7. The van der Waals surface area contributed by atoms with E-state index in [0.717, 1.165) is 60.6 Å². The summed E-state index contributed by atoms with van der Waals surface area (Å²) in [6.45, 7) is 19.9. The van der Waals surface area contributed by atoms with Crippen molar-refractivity contribution in [2.75, 3.05) is 18.5 Å². The first kappa shape index (κ1) is 37.3. The number of ether oxygens (including phenoxy) is 2. The summed E-state index contributed by atoms with van der Waals surface area (Å²) in [6.07, 6.45) is 6.12. The first-order valence-corrected chi connectivity index (χ1v) is 16.4. The van der Waals surface area contributed by atoms with Crippen molar-refractivity contribution in [3.8, 4) is 5.75 Å². The van der Waals surface area contributed by atoms with E-state index in [-0.39, 0.29) is 36.1 Å². The third kappa shape index (κ3) is 11.9. The Labute approximate surface area is 273 Å². The van der Waals surface area contributed by atoms with Crippen molar-refractivity contribution in [1.82, 2.24) is 0 Å². The van der Waals surface area contributed by atoms with Gasteiger partial charge in [0.1, 0.15) is 11.9 Å². The Bertz CT molecular complexity index is 1260. The van der Waals surface area contributed by atoms with Crippen molar-refractivity contribution in [3.05, 3.63) is 66.8 Å². The van der Waals surface area contributed by atoms with E-state index in [4.69, 9.17) is 19.9 Å². The summed E-state index contributed by atoms with van der Waals surface area (Å²) in [4.78, 5) is 4.74. The lowest BCUT2D eigenvalue weighted by Crippen LogP contribution is -2.31. The molecule has 1 aliphatic carbocycles. The van der Waals surface area contributed by atoms with E-state index in [2.05, 4.69) is 44.1 Å². The standard InChI is InChI=1S/C37H52F3N3O3/c1-7-26(5)33(16-10-25(4)19-28-9-8-18-45-23-28)43-34-21-31(20-27(6)36(34)42-22-24(2)3)46-30-13-11-29(12-14-30)32(41)15-17-35(44)37(38,39)40/h7,10,16,20-22,26,28-30,33,35,41,43-44H,1-2,4,8-9,11-15,17-19,23H2,3,5-6H3/b16-10-,41-32?,42-22-/t26?,28?,29-,30+,33?,35-/m1/s1. The molecule has 2 fully saturated rings. The molecule has 0 aromatic heterocycles. The molecule has 3 rings (SSSR count). The number of hydrogen-bond donors (Lipinski definition) is 3. The predicted molar refractivity (Wildman–Crippen MR) is 183 cm³/mol. The van der Waals surface area contributed by atoms with Crippen LogP contribution in [-0.2, 0) is 4.74 Å². The van der Waals surface area contributed by atoms with Crippen LogP contribution in [0.1, 0.15) is 77.2 Å². The summed E-state index contributed by atoms with van der Waals surface area (Å²) in [5, 5.41) is 21.3. The first-order chi connectivity index (χ1) is 21.8. The van der Waals surface area contributed by atoms with Gasteiger partial charge in [0.25, 0.3) is 0 Å². The Morgan fingerprint density at radius 2 is 1.93 bits per heavy atom. The molecule has 2 aliphatic rings. The fraction of sp³-hybridized carbons (Fsp3) is 0.568. The van der Waals surface area contributed by atoms with Crippen LogP contribution < -0.4 is 10.1 Å². The molecular formula is C37H52F3N3O3. The van der Waals surface area contributed by atoms with Crippen LogP contribution in [-0.4, -0.2) is 54.7 Å². The maximum Gasteiger partial charge on any atom is 0.414 e. The second-order valence-electron chi connectivity index (χ2n) is 13.0. The predicted octanol–water partition coefficient (Wildman–Crippen LogP) is 9.47. The lowest BCUT2D eigenvalue weighted by atomic mass is 9.82. The van der Waals surface area contributed by atoms with Gasteiger partial charge < -0.3 is 25.3 Å². The van der Waals surface area contributed by atoms with E-state index in [1.807, 2.05) is 32.1 Å². The normalized spacial score (nSPS) is 22.7. The highest BCUT2D eigenvalue weighted by molar-refractivity contribution is 5.84. The summed E-state index contributed by atoms with van der Waals surface area (Å²) < 4.78 is 50.1. The van der Waals surface area contributed by atoms with Gasteiger partial charge in [0.05, 0.1) is 23.5 Å². The number of aliphatic imine (C=N–C) groups is 1. The van der Waals surface area contributed by atoms with Gasteiger partial charge in [0, 0.05) is 31.2 Å². The molecule has 3 unspecified atom stereocenters. The van der Waals surface area contributed by atoms with E-state index < -0.39 is 18.7 Å². The largest absolute Gasteiger partial charge is 0.490 e. The molecule has 46 heavy (non-hydrogen) atoms. The van der Waals surface area contributed by atoms with Crippen molar-refractivity contribution in [1.29, 1.82) is 5.41 Å². The van der Waals surface area contributed by atoms with Crippen LogP contribution in [0.2, 0.25) is 0 Å². The number of nitrogens with zero attached hydrogens (tertiary/aromatic N) is 1. The van der Waals surface area contributed by atoms with Crippen LogP contribution in [0.5, 0.6) is 5.75 Å². The molecule has 9 heteroatoms. The summed E-state index contributed by atoms with van der Waals surface area (Å²) in [6, 6.07) is 3.86. The van der Waals surface area contributed by atoms with E-state index in [9.17, 15) is 18.3 Å². The van der Waals surface area contributed by atoms with E-state index in [0.29, 0.717) is 37.4 Å². The van der Waals surface area contributed by atoms with E-state index >= 15 is 0 Å². The number of aliphatic hydroxyl groups is 1. The Kier molecular flexibility index (Phi) is 14.3. The number of halogens is 3. The summed E-state index contributed by atoms with van der Waals surface area (Å²) in [7, 11) is 0. The van der Waals surface area contributed by atoms with Gasteiger partial charge in [-0.2, -0.15) is 13.2 Å². The molecular weight excluding hydrogens is 591 g/mol. The third-order valence-electron chi connectivity index (χ3n) is 8.83. The van der Waals surface area contributed by atoms with Gasteiger partial charge in [-0.1, -0.05) is 43.9 Å². The van der Waals surface area contributed by atoms with Crippen molar-refractivity contribution >= 4 is 23.3 Å². The van der Waals surface area contributed by atoms with Crippen LogP contribution >= 0.6 is 0 Å². The molecule has 0 spiro atoms. The number of allylic oxidation sites excluding steroid dienone is 3. The fourth-order valence-corrected chi connectivity index (χ4v) is 5.98. The highest BCUT2D eigenvalue weighted by atomic mass is 19.4. The minimum absolute atomic E-state index is 0.0572. The van der Waals surface area contributed by atoms with Crippen LogP contribution in [0, 0.1) is 30.1 Å².